The molecular weight excluding hydrogens is 318 g/mol. The standard InChI is InChI=1S/C10H19N.W/c1-9(2)8-10(3)4-6-11-7-5-10;/h9,11H,1,3-8H2,2H3;/q-2;+2. The Balaban J connectivity index is 0.00000121. The molecule has 0 aliphatic carbocycles. The van der Waals surface area contributed by atoms with Crippen molar-refractivity contribution in [3.8, 4) is 0 Å². The van der Waals surface area contributed by atoms with Gasteiger partial charge in [0, 0.05) is 0 Å². The van der Waals surface area contributed by atoms with Gasteiger partial charge in [0.05, 0.1) is 0 Å². The van der Waals surface area contributed by atoms with Crippen LogP contribution in [-0.2, 0) is 21.1 Å². The fraction of sp³-hybridized carbons (Fsp3) is 0.800. The summed E-state index contributed by atoms with van der Waals surface area (Å²) in [4.78, 5) is 0. The average molecular weight is 337 g/mol. The van der Waals surface area contributed by atoms with E-state index >= 15 is 0 Å². The monoisotopic (exact) mass is 337 g/mol. The van der Waals surface area contributed by atoms with Gasteiger partial charge in [-0.25, -0.2) is 0 Å². The third-order valence-electron chi connectivity index (χ3n) is 2.45. The third-order valence-corrected chi connectivity index (χ3v) is 2.45. The summed E-state index contributed by atoms with van der Waals surface area (Å²) in [6.07, 6.45) is 3.61. The maximum atomic E-state index is 4.29. The zero-order valence-electron chi connectivity index (χ0n) is 7.94. The third kappa shape index (κ3) is 4.05. The molecule has 1 saturated heterocycles. The maximum Gasteiger partial charge on any atom is 2.00 e. The van der Waals surface area contributed by atoms with Crippen LogP contribution in [0.4, 0.5) is 0 Å². The van der Waals surface area contributed by atoms with Gasteiger partial charge in [-0.1, -0.05) is 19.8 Å². The first kappa shape index (κ1) is 12.6. The van der Waals surface area contributed by atoms with E-state index in [0.29, 0.717) is 11.3 Å². The van der Waals surface area contributed by atoms with E-state index in [2.05, 4.69) is 26.1 Å². The summed E-state index contributed by atoms with van der Waals surface area (Å²) in [5.41, 5.74) is 0.326. The Kier molecular flexibility index (Phi) is 5.69. The van der Waals surface area contributed by atoms with E-state index in [4.69, 9.17) is 0 Å². The normalized spacial score (nSPS) is 24.2. The van der Waals surface area contributed by atoms with Gasteiger partial charge in [-0.15, -0.1) is 6.42 Å². The zero-order chi connectivity index (χ0) is 8.32. The van der Waals surface area contributed by atoms with E-state index in [1.165, 1.54) is 19.3 Å². The van der Waals surface area contributed by atoms with E-state index in [0.717, 1.165) is 13.1 Å². The minimum absolute atomic E-state index is 0. The van der Waals surface area contributed by atoms with Crippen molar-refractivity contribution in [2.75, 3.05) is 13.1 Å². The van der Waals surface area contributed by atoms with Gasteiger partial charge in [0.15, 0.2) is 0 Å². The second-order valence-corrected chi connectivity index (χ2v) is 4.06. The molecule has 0 amide bonds. The SMILES string of the molecule is [CH2-]C(C)CC1([CH2-])CCNCC1.[W+2]. The van der Waals surface area contributed by atoms with Gasteiger partial charge in [-0.05, 0) is 13.1 Å². The van der Waals surface area contributed by atoms with Gasteiger partial charge in [-0.3, -0.25) is 0 Å². The Morgan fingerprint density at radius 1 is 1.42 bits per heavy atom. The van der Waals surface area contributed by atoms with Crippen LogP contribution in [-0.4, -0.2) is 13.1 Å². The van der Waals surface area contributed by atoms with Crippen molar-refractivity contribution in [3.05, 3.63) is 13.8 Å². The Hall–Kier alpha value is 0.648. The van der Waals surface area contributed by atoms with Crippen molar-refractivity contribution >= 4 is 0 Å². The zero-order valence-corrected chi connectivity index (χ0v) is 10.9. The average Bonchev–Trinajstić information content (AvgIpc) is 1.85. The van der Waals surface area contributed by atoms with E-state index in [1.807, 2.05) is 0 Å². The first-order chi connectivity index (χ1) is 5.12. The first-order valence-corrected chi connectivity index (χ1v) is 4.52. The molecule has 2 heteroatoms. The van der Waals surface area contributed by atoms with Crippen LogP contribution in [0.3, 0.4) is 0 Å². The molecule has 0 spiro atoms. The topological polar surface area (TPSA) is 12.0 Å². The Morgan fingerprint density at radius 3 is 2.33 bits per heavy atom. The molecule has 70 valence electrons. The minimum atomic E-state index is 0. The molecule has 1 aliphatic heterocycles. The number of hydrogen-bond donors (Lipinski definition) is 1. The van der Waals surface area contributed by atoms with Gasteiger partial charge in [0.1, 0.15) is 0 Å². The Bertz CT molecular complexity index is 117. The number of hydrogen-bond acceptors (Lipinski definition) is 1. The molecule has 1 fully saturated rings. The first-order valence-electron chi connectivity index (χ1n) is 4.52. The van der Waals surface area contributed by atoms with Crippen LogP contribution in [0.15, 0.2) is 0 Å². The maximum absolute atomic E-state index is 4.29. The van der Waals surface area contributed by atoms with Crippen LogP contribution in [0.2, 0.25) is 0 Å². The van der Waals surface area contributed by atoms with Gasteiger partial charge in [0.2, 0.25) is 0 Å². The van der Waals surface area contributed by atoms with Crippen LogP contribution in [0.5, 0.6) is 0 Å². The minimum Gasteiger partial charge on any atom is -0.341 e. The van der Waals surface area contributed by atoms with Crippen molar-refractivity contribution in [1.29, 1.82) is 0 Å². The molecule has 1 atom stereocenters. The fourth-order valence-corrected chi connectivity index (χ4v) is 1.90. The molecule has 0 aromatic heterocycles. The smallest absolute Gasteiger partial charge is 0.341 e. The molecule has 1 heterocycles. The molecule has 0 aromatic rings. The largest absolute Gasteiger partial charge is 2.00 e. The number of piperidine rings is 1. The molecule has 1 aliphatic rings. The molecule has 0 aromatic carbocycles. The molecular formula is C10H19NW. The summed E-state index contributed by atoms with van der Waals surface area (Å²) in [5, 5.41) is 3.35. The summed E-state index contributed by atoms with van der Waals surface area (Å²) in [6, 6.07) is 0. The van der Waals surface area contributed by atoms with Crippen molar-refractivity contribution in [2.24, 2.45) is 11.3 Å². The summed E-state index contributed by atoms with van der Waals surface area (Å²) in [6.45, 7) is 12.8. The fourth-order valence-electron chi connectivity index (χ4n) is 1.90. The molecule has 12 heavy (non-hydrogen) atoms. The van der Waals surface area contributed by atoms with Crippen LogP contribution >= 0.6 is 0 Å². The summed E-state index contributed by atoms with van der Waals surface area (Å²) < 4.78 is 0. The number of rotatable bonds is 2. The molecule has 1 rings (SSSR count). The van der Waals surface area contributed by atoms with Gasteiger partial charge in [0.25, 0.3) is 0 Å². The molecule has 0 radical (unpaired) electrons. The van der Waals surface area contributed by atoms with Crippen LogP contribution in [0.1, 0.15) is 26.2 Å². The molecule has 1 nitrogen and oxygen atoms in total. The van der Waals surface area contributed by atoms with Gasteiger partial charge in [-0.2, -0.15) is 11.3 Å². The predicted molar refractivity (Wildman–Crippen MR) is 49.0 cm³/mol. The van der Waals surface area contributed by atoms with Crippen molar-refractivity contribution in [1.82, 2.24) is 5.32 Å². The van der Waals surface area contributed by atoms with Crippen molar-refractivity contribution < 1.29 is 21.1 Å². The molecule has 0 bridgehead atoms. The second kappa shape index (κ2) is 5.39. The predicted octanol–water partition coefficient (Wildman–Crippen LogP) is 2.05. The van der Waals surface area contributed by atoms with E-state index in [-0.39, 0.29) is 21.1 Å². The molecule has 1 N–H and O–H groups in total. The van der Waals surface area contributed by atoms with E-state index in [9.17, 15) is 0 Å². The summed E-state index contributed by atoms with van der Waals surface area (Å²) >= 11 is 0. The summed E-state index contributed by atoms with van der Waals surface area (Å²) in [7, 11) is 0. The Labute approximate surface area is 91.0 Å². The van der Waals surface area contributed by atoms with Crippen LogP contribution < -0.4 is 5.32 Å². The quantitative estimate of drug-likeness (QED) is 0.761. The van der Waals surface area contributed by atoms with Crippen molar-refractivity contribution in [2.45, 2.75) is 26.2 Å². The van der Waals surface area contributed by atoms with Crippen molar-refractivity contribution in [3.63, 3.8) is 0 Å². The van der Waals surface area contributed by atoms with E-state index in [1.54, 1.807) is 0 Å². The van der Waals surface area contributed by atoms with Crippen LogP contribution in [0, 0.1) is 25.2 Å². The van der Waals surface area contributed by atoms with E-state index < -0.39 is 0 Å². The number of nitrogens with one attached hydrogen (secondary N) is 1. The van der Waals surface area contributed by atoms with Gasteiger partial charge >= 0.3 is 21.1 Å². The Morgan fingerprint density at radius 2 is 1.92 bits per heavy atom. The molecule has 1 unspecified atom stereocenters. The van der Waals surface area contributed by atoms with Gasteiger partial charge < -0.3 is 19.2 Å². The summed E-state index contributed by atoms with van der Waals surface area (Å²) in [5.74, 6) is 0.547. The van der Waals surface area contributed by atoms with Crippen LogP contribution in [0.25, 0.3) is 0 Å². The molecule has 0 saturated carbocycles. The second-order valence-electron chi connectivity index (χ2n) is 4.06.